The van der Waals surface area contributed by atoms with Gasteiger partial charge in [0, 0.05) is 18.3 Å². The van der Waals surface area contributed by atoms with E-state index in [0.29, 0.717) is 0 Å². The smallest absolute Gasteiger partial charge is 0.0543 e. The van der Waals surface area contributed by atoms with Gasteiger partial charge in [0.05, 0.1) is 12.2 Å². The minimum absolute atomic E-state index is 0.226. The molecule has 1 atom stereocenters. The number of hydrogen-bond acceptors (Lipinski definition) is 2. The van der Waals surface area contributed by atoms with Gasteiger partial charge in [-0.15, -0.1) is 6.58 Å². The Balaban J connectivity index is 2.78. The summed E-state index contributed by atoms with van der Waals surface area (Å²) in [6.45, 7) is 9.08. The van der Waals surface area contributed by atoms with Crippen LogP contribution in [-0.2, 0) is 7.05 Å². The van der Waals surface area contributed by atoms with E-state index in [9.17, 15) is 0 Å². The van der Waals surface area contributed by atoms with Gasteiger partial charge in [-0.3, -0.25) is 4.68 Å². The van der Waals surface area contributed by atoms with Crippen molar-refractivity contribution >= 4 is 0 Å². The molecule has 3 heteroatoms. The van der Waals surface area contributed by atoms with Gasteiger partial charge < -0.3 is 5.32 Å². The predicted octanol–water partition coefficient (Wildman–Crippen LogP) is 1.96. The molecule has 0 saturated heterocycles. The van der Waals surface area contributed by atoms with Crippen LogP contribution in [0.15, 0.2) is 18.9 Å². The summed E-state index contributed by atoms with van der Waals surface area (Å²) in [5.41, 5.74) is 2.41. The first-order valence-corrected chi connectivity index (χ1v) is 5.05. The van der Waals surface area contributed by atoms with Crippen molar-refractivity contribution in [2.24, 2.45) is 7.05 Å². The first kappa shape index (κ1) is 11.0. The number of rotatable bonds is 5. The molecule has 1 unspecified atom stereocenters. The van der Waals surface area contributed by atoms with Crippen molar-refractivity contribution in [2.45, 2.75) is 26.3 Å². The molecule has 1 rings (SSSR count). The molecule has 0 fully saturated rings. The summed E-state index contributed by atoms with van der Waals surface area (Å²) in [5.74, 6) is 0. The van der Waals surface area contributed by atoms with Gasteiger partial charge in [-0.05, 0) is 19.9 Å². The van der Waals surface area contributed by atoms with E-state index in [-0.39, 0.29) is 6.04 Å². The zero-order valence-corrected chi connectivity index (χ0v) is 9.25. The molecular formula is C11H19N3. The highest BCUT2D eigenvalue weighted by Crippen LogP contribution is 2.17. The van der Waals surface area contributed by atoms with Gasteiger partial charge in [-0.1, -0.05) is 13.0 Å². The van der Waals surface area contributed by atoms with E-state index in [0.717, 1.165) is 13.0 Å². The summed E-state index contributed by atoms with van der Waals surface area (Å²) in [4.78, 5) is 0. The molecule has 1 aromatic heterocycles. The third-order valence-electron chi connectivity index (χ3n) is 2.46. The van der Waals surface area contributed by atoms with Crippen LogP contribution in [0.1, 0.15) is 30.6 Å². The van der Waals surface area contributed by atoms with E-state index < -0.39 is 0 Å². The second-order valence-electron chi connectivity index (χ2n) is 3.48. The molecule has 0 aromatic carbocycles. The summed E-state index contributed by atoms with van der Waals surface area (Å²) >= 11 is 0. The fourth-order valence-electron chi connectivity index (χ4n) is 1.44. The Labute approximate surface area is 85.8 Å². The Morgan fingerprint density at radius 3 is 2.86 bits per heavy atom. The molecule has 0 aliphatic heterocycles. The van der Waals surface area contributed by atoms with Gasteiger partial charge >= 0.3 is 0 Å². The number of aromatic nitrogens is 2. The molecule has 0 amide bonds. The largest absolute Gasteiger partial charge is 0.307 e. The molecule has 0 aliphatic carbocycles. The summed E-state index contributed by atoms with van der Waals surface area (Å²) in [6, 6.07) is 0.226. The molecule has 0 aliphatic rings. The van der Waals surface area contributed by atoms with Crippen molar-refractivity contribution in [1.29, 1.82) is 0 Å². The number of nitrogens with zero attached hydrogens (tertiary/aromatic N) is 2. The van der Waals surface area contributed by atoms with E-state index in [1.54, 1.807) is 0 Å². The Morgan fingerprint density at radius 1 is 1.71 bits per heavy atom. The second kappa shape index (κ2) is 4.96. The van der Waals surface area contributed by atoms with E-state index in [1.807, 2.05) is 24.0 Å². The zero-order valence-electron chi connectivity index (χ0n) is 9.25. The molecule has 0 bridgehead atoms. The van der Waals surface area contributed by atoms with E-state index in [4.69, 9.17) is 0 Å². The highest BCUT2D eigenvalue weighted by Gasteiger charge is 2.11. The Hall–Kier alpha value is -1.09. The minimum atomic E-state index is 0.226. The van der Waals surface area contributed by atoms with Gasteiger partial charge in [0.1, 0.15) is 0 Å². The van der Waals surface area contributed by atoms with Crippen molar-refractivity contribution < 1.29 is 0 Å². The van der Waals surface area contributed by atoms with Crippen molar-refractivity contribution in [2.75, 3.05) is 6.54 Å². The summed E-state index contributed by atoms with van der Waals surface area (Å²) in [6.07, 6.45) is 4.97. The van der Waals surface area contributed by atoms with Crippen molar-refractivity contribution in [3.63, 3.8) is 0 Å². The van der Waals surface area contributed by atoms with Crippen molar-refractivity contribution in [1.82, 2.24) is 15.1 Å². The zero-order chi connectivity index (χ0) is 10.6. The van der Waals surface area contributed by atoms with E-state index in [1.165, 1.54) is 11.3 Å². The highest BCUT2D eigenvalue weighted by molar-refractivity contribution is 5.23. The first-order chi connectivity index (χ1) is 6.70. The van der Waals surface area contributed by atoms with Crippen LogP contribution in [0, 0.1) is 6.92 Å². The summed E-state index contributed by atoms with van der Waals surface area (Å²) in [7, 11) is 1.96. The third-order valence-corrected chi connectivity index (χ3v) is 2.46. The van der Waals surface area contributed by atoms with Crippen LogP contribution in [0.2, 0.25) is 0 Å². The Morgan fingerprint density at radius 2 is 2.43 bits per heavy atom. The van der Waals surface area contributed by atoms with Crippen molar-refractivity contribution in [3.8, 4) is 0 Å². The average Bonchev–Trinajstić information content (AvgIpc) is 2.51. The lowest BCUT2D eigenvalue weighted by Crippen LogP contribution is -2.20. The molecule has 3 nitrogen and oxygen atoms in total. The van der Waals surface area contributed by atoms with Crippen LogP contribution in [0.4, 0.5) is 0 Å². The fraction of sp³-hybridized carbons (Fsp3) is 0.545. The average molecular weight is 193 g/mol. The first-order valence-electron chi connectivity index (χ1n) is 5.05. The van der Waals surface area contributed by atoms with Crippen LogP contribution in [0.25, 0.3) is 0 Å². The van der Waals surface area contributed by atoms with Crippen LogP contribution in [0.3, 0.4) is 0 Å². The Bertz CT molecular complexity index is 301. The molecule has 0 radical (unpaired) electrons. The van der Waals surface area contributed by atoms with Gasteiger partial charge in [0.2, 0.25) is 0 Å². The second-order valence-corrected chi connectivity index (χ2v) is 3.48. The molecule has 1 N–H and O–H groups in total. The lowest BCUT2D eigenvalue weighted by Gasteiger charge is -2.13. The van der Waals surface area contributed by atoms with Crippen LogP contribution >= 0.6 is 0 Å². The quantitative estimate of drug-likeness (QED) is 0.724. The molecule has 0 spiro atoms. The van der Waals surface area contributed by atoms with Gasteiger partial charge in [-0.2, -0.15) is 5.10 Å². The summed E-state index contributed by atoms with van der Waals surface area (Å²) in [5, 5.41) is 7.64. The van der Waals surface area contributed by atoms with Crippen LogP contribution in [0.5, 0.6) is 0 Å². The molecule has 1 aromatic rings. The Kier molecular flexibility index (Phi) is 3.89. The number of nitrogens with one attached hydrogen (secondary N) is 1. The third kappa shape index (κ3) is 2.23. The van der Waals surface area contributed by atoms with E-state index >= 15 is 0 Å². The van der Waals surface area contributed by atoms with Crippen LogP contribution < -0.4 is 5.32 Å². The molecule has 0 saturated carbocycles. The van der Waals surface area contributed by atoms with Gasteiger partial charge in [0.25, 0.3) is 0 Å². The monoisotopic (exact) mass is 193 g/mol. The van der Waals surface area contributed by atoms with Crippen molar-refractivity contribution in [3.05, 3.63) is 30.1 Å². The maximum absolute atomic E-state index is 4.22. The topological polar surface area (TPSA) is 29.9 Å². The lowest BCUT2D eigenvalue weighted by molar-refractivity contribution is 0.609. The normalized spacial score (nSPS) is 12.8. The standard InChI is InChI=1S/C11H19N3/c1-5-7-12-11(6-2)10-8-13-14(4)9(10)3/h6,8,11-12H,2,5,7H2,1,3-4H3. The highest BCUT2D eigenvalue weighted by atomic mass is 15.3. The maximum atomic E-state index is 4.22. The van der Waals surface area contributed by atoms with Gasteiger partial charge in [0.15, 0.2) is 0 Å². The predicted molar refractivity (Wildman–Crippen MR) is 59.2 cm³/mol. The van der Waals surface area contributed by atoms with Gasteiger partial charge in [-0.25, -0.2) is 0 Å². The SMILES string of the molecule is C=CC(NCCC)c1cnn(C)c1C. The number of aryl methyl sites for hydroxylation is 1. The minimum Gasteiger partial charge on any atom is -0.307 e. The lowest BCUT2D eigenvalue weighted by atomic mass is 10.1. The van der Waals surface area contributed by atoms with Crippen LogP contribution in [-0.4, -0.2) is 16.3 Å². The maximum Gasteiger partial charge on any atom is 0.0543 e. The molecule has 14 heavy (non-hydrogen) atoms. The fourth-order valence-corrected chi connectivity index (χ4v) is 1.44. The molecular weight excluding hydrogens is 174 g/mol. The summed E-state index contributed by atoms with van der Waals surface area (Å²) < 4.78 is 1.89. The number of hydrogen-bond donors (Lipinski definition) is 1. The molecule has 78 valence electrons. The van der Waals surface area contributed by atoms with E-state index in [2.05, 4.69) is 30.8 Å². The molecule has 1 heterocycles.